The molecule has 1 unspecified atom stereocenters. The van der Waals surface area contributed by atoms with Gasteiger partial charge in [-0.1, -0.05) is 0 Å². The maximum atomic E-state index is 12.4. The molecule has 2 radical (unpaired) electrons. The van der Waals surface area contributed by atoms with Crippen molar-refractivity contribution in [3.63, 3.8) is 0 Å². The Morgan fingerprint density at radius 1 is 1.35 bits per heavy atom. The van der Waals surface area contributed by atoms with E-state index < -0.39 is 0 Å². The van der Waals surface area contributed by atoms with Crippen LogP contribution in [0.3, 0.4) is 0 Å². The Bertz CT molecular complexity index is 796. The van der Waals surface area contributed by atoms with Gasteiger partial charge in [0, 0.05) is 0 Å². The summed E-state index contributed by atoms with van der Waals surface area (Å²) in [6.07, 6.45) is 3.85. The molecule has 0 saturated carbocycles. The summed E-state index contributed by atoms with van der Waals surface area (Å²) in [5.41, 5.74) is 1.35. The predicted octanol–water partition coefficient (Wildman–Crippen LogP) is 1.72. The Kier molecular flexibility index (Phi) is 4.83. The average Bonchev–Trinajstić information content (AvgIpc) is 2.57. The molecule has 1 aromatic carbocycles. The normalized spacial score (nSPS) is 17.7. The summed E-state index contributed by atoms with van der Waals surface area (Å²) in [5, 5.41) is 9.25. The number of benzene rings is 1. The van der Waals surface area contributed by atoms with Crippen LogP contribution >= 0.6 is 0 Å². The van der Waals surface area contributed by atoms with Crippen molar-refractivity contribution < 1.29 is 0 Å². The van der Waals surface area contributed by atoms with Crippen LogP contribution in [0.2, 0.25) is 4.71 Å². The molecule has 23 heavy (non-hydrogen) atoms. The van der Waals surface area contributed by atoms with E-state index in [1.807, 2.05) is 18.2 Å². The Labute approximate surface area is 144 Å². The van der Waals surface area contributed by atoms with Gasteiger partial charge in [0.2, 0.25) is 0 Å². The number of nitriles is 1. The minimum absolute atomic E-state index is 0.0875. The van der Waals surface area contributed by atoms with E-state index in [-0.39, 0.29) is 5.56 Å². The van der Waals surface area contributed by atoms with Crippen LogP contribution in [0.1, 0.15) is 24.0 Å². The van der Waals surface area contributed by atoms with Crippen LogP contribution < -0.4 is 10.5 Å². The number of hydrogen-bond donors (Lipinski definition) is 0. The van der Waals surface area contributed by atoms with Crippen molar-refractivity contribution in [1.29, 1.82) is 5.26 Å². The molecule has 116 valence electrons. The van der Waals surface area contributed by atoms with Crippen LogP contribution in [-0.4, -0.2) is 39.5 Å². The number of piperidine rings is 1. The zero-order valence-corrected chi connectivity index (χ0v) is 14.6. The molecule has 1 aromatic heterocycles. The fraction of sp³-hybridized carbons (Fsp3) is 0.353. The standard InChI is InChI=1S/C17H17AsN4O/c18-15-6-3-9-21(12-15)17-20-8-7-16(23)22(17)11-14-5-2-1-4-13(14)10-19/h1-2,4-5,7-8,15H,3,6,9,11-12H2. The first-order valence-corrected chi connectivity index (χ1v) is 8.74. The van der Waals surface area contributed by atoms with Crippen molar-refractivity contribution in [2.75, 3.05) is 18.0 Å². The second-order valence-electron chi connectivity index (χ2n) is 5.68. The van der Waals surface area contributed by atoms with Gasteiger partial charge in [-0.2, -0.15) is 0 Å². The van der Waals surface area contributed by atoms with Crippen LogP contribution in [0, 0.1) is 11.3 Å². The summed E-state index contributed by atoms with van der Waals surface area (Å²) < 4.78 is 2.20. The summed E-state index contributed by atoms with van der Waals surface area (Å²) in [6.45, 7) is 2.16. The molecule has 5 nitrogen and oxygen atoms in total. The molecule has 2 aromatic rings. The molecule has 1 aliphatic heterocycles. The third-order valence-corrected chi connectivity index (χ3v) is 4.94. The van der Waals surface area contributed by atoms with Crippen molar-refractivity contribution in [3.8, 4) is 6.07 Å². The van der Waals surface area contributed by atoms with Crippen LogP contribution in [0.4, 0.5) is 5.95 Å². The Hall–Kier alpha value is -2.05. The van der Waals surface area contributed by atoms with Gasteiger partial charge < -0.3 is 0 Å². The molecule has 1 fully saturated rings. The molecule has 1 saturated heterocycles. The van der Waals surface area contributed by atoms with Crippen LogP contribution in [-0.2, 0) is 6.54 Å². The fourth-order valence-corrected chi connectivity index (χ4v) is 3.70. The molecule has 1 aliphatic rings. The van der Waals surface area contributed by atoms with Gasteiger partial charge in [0.15, 0.2) is 0 Å². The van der Waals surface area contributed by atoms with E-state index in [0.717, 1.165) is 25.1 Å². The summed E-state index contributed by atoms with van der Waals surface area (Å²) >= 11 is 2.70. The van der Waals surface area contributed by atoms with E-state index in [2.05, 4.69) is 32.8 Å². The van der Waals surface area contributed by atoms with Gasteiger partial charge in [0.25, 0.3) is 0 Å². The molecular weight excluding hydrogens is 351 g/mol. The fourth-order valence-electron chi connectivity index (χ4n) is 2.90. The first kappa shape index (κ1) is 15.8. The molecule has 6 heteroatoms. The van der Waals surface area contributed by atoms with E-state index >= 15 is 0 Å². The molecule has 0 amide bonds. The summed E-state index contributed by atoms with van der Waals surface area (Å²) in [6, 6.07) is 11.0. The molecule has 0 spiro atoms. The van der Waals surface area contributed by atoms with Gasteiger partial charge in [-0.15, -0.1) is 0 Å². The minimum atomic E-state index is -0.0875. The van der Waals surface area contributed by atoms with Crippen molar-refractivity contribution in [1.82, 2.24) is 9.55 Å². The monoisotopic (exact) mass is 368 g/mol. The maximum absolute atomic E-state index is 12.4. The summed E-state index contributed by atoms with van der Waals surface area (Å²) in [7, 11) is 0. The Morgan fingerprint density at radius 2 is 2.17 bits per heavy atom. The van der Waals surface area contributed by atoms with Crippen LogP contribution in [0.25, 0.3) is 0 Å². The van der Waals surface area contributed by atoms with E-state index in [9.17, 15) is 10.1 Å². The number of nitrogens with zero attached hydrogens (tertiary/aromatic N) is 4. The third kappa shape index (κ3) is 3.48. The summed E-state index contributed by atoms with van der Waals surface area (Å²) in [4.78, 5) is 19.0. The number of aromatic nitrogens is 2. The van der Waals surface area contributed by atoms with Gasteiger partial charge in [-0.3, -0.25) is 0 Å². The molecular formula is C17H17AsN4O. The second kappa shape index (κ2) is 7.02. The van der Waals surface area contributed by atoms with E-state index in [0.29, 0.717) is 22.8 Å². The van der Waals surface area contributed by atoms with Crippen molar-refractivity contribution in [3.05, 3.63) is 58.0 Å². The molecule has 2 heterocycles. The molecule has 1 atom stereocenters. The van der Waals surface area contributed by atoms with Gasteiger partial charge in [0.05, 0.1) is 0 Å². The molecule has 0 aliphatic carbocycles. The zero-order chi connectivity index (χ0) is 16.2. The van der Waals surface area contributed by atoms with Crippen molar-refractivity contribution in [2.24, 2.45) is 0 Å². The second-order valence-corrected chi connectivity index (χ2v) is 7.21. The van der Waals surface area contributed by atoms with Gasteiger partial charge in [0.1, 0.15) is 0 Å². The summed E-state index contributed by atoms with van der Waals surface area (Å²) in [5.74, 6) is 0.695. The Balaban J connectivity index is 1.99. The van der Waals surface area contributed by atoms with E-state index in [4.69, 9.17) is 0 Å². The predicted molar refractivity (Wildman–Crippen MR) is 89.7 cm³/mol. The first-order chi connectivity index (χ1) is 11.2. The van der Waals surface area contributed by atoms with Gasteiger partial charge in [-0.05, 0) is 0 Å². The quantitative estimate of drug-likeness (QED) is 0.774. The van der Waals surface area contributed by atoms with E-state index in [1.165, 1.54) is 12.5 Å². The van der Waals surface area contributed by atoms with Gasteiger partial charge in [-0.25, -0.2) is 0 Å². The number of anilines is 1. The molecule has 0 N–H and O–H groups in total. The van der Waals surface area contributed by atoms with Crippen molar-refractivity contribution in [2.45, 2.75) is 24.1 Å². The van der Waals surface area contributed by atoms with Crippen LogP contribution in [0.5, 0.6) is 0 Å². The Morgan fingerprint density at radius 3 is 2.96 bits per heavy atom. The van der Waals surface area contributed by atoms with Gasteiger partial charge >= 0.3 is 144 Å². The SMILES string of the molecule is N#Cc1ccccc1Cn1c(N2CCCC([As])C2)nccc1=O. The zero-order valence-electron chi connectivity index (χ0n) is 12.7. The molecule has 3 rings (SSSR count). The number of hydrogen-bond acceptors (Lipinski definition) is 4. The number of rotatable bonds is 3. The topological polar surface area (TPSA) is 61.9 Å². The van der Waals surface area contributed by atoms with Crippen molar-refractivity contribution >= 4 is 22.8 Å². The van der Waals surface area contributed by atoms with Crippen LogP contribution in [0.15, 0.2) is 41.3 Å². The third-order valence-electron chi connectivity index (χ3n) is 4.06. The average molecular weight is 368 g/mol. The van der Waals surface area contributed by atoms with E-state index in [1.54, 1.807) is 16.8 Å². The molecule has 0 bridgehead atoms. The first-order valence-electron chi connectivity index (χ1n) is 7.66.